The van der Waals surface area contributed by atoms with Crippen molar-refractivity contribution in [3.05, 3.63) is 88.2 Å². The number of benzene rings is 2. The molecule has 3 rings (SSSR count). The summed E-state index contributed by atoms with van der Waals surface area (Å²) in [6.07, 6.45) is 2.49. The van der Waals surface area contributed by atoms with Gasteiger partial charge in [0.2, 0.25) is 0 Å². The molecule has 1 amide bonds. The van der Waals surface area contributed by atoms with Crippen LogP contribution in [0.3, 0.4) is 0 Å². The van der Waals surface area contributed by atoms with Gasteiger partial charge in [-0.15, -0.1) is 0 Å². The van der Waals surface area contributed by atoms with Gasteiger partial charge < -0.3 is 10.6 Å². The fraction of sp³-hybridized carbons (Fsp3) is 0.100. The van der Waals surface area contributed by atoms with E-state index in [-0.39, 0.29) is 5.91 Å². The lowest BCUT2D eigenvalue weighted by molar-refractivity contribution is 0.102. The Bertz CT molecular complexity index is 901. The van der Waals surface area contributed by atoms with Gasteiger partial charge in [-0.25, -0.2) is 0 Å². The number of anilines is 2. The van der Waals surface area contributed by atoms with Crippen molar-refractivity contribution in [3.63, 3.8) is 0 Å². The average molecular weight is 386 g/mol. The number of rotatable bonds is 6. The lowest BCUT2D eigenvalue weighted by Gasteiger charge is -2.10. The Balaban J connectivity index is 1.63. The number of carbonyl (C=O) groups is 1. The second-order valence-corrected chi connectivity index (χ2v) is 6.43. The minimum Gasteiger partial charge on any atom is -0.385 e. The SMILES string of the molecule is O=C(Nc1cccc(Cl)c1Cl)c1cc(NCCc2ccccc2)ccn1. The maximum Gasteiger partial charge on any atom is 0.274 e. The van der Waals surface area contributed by atoms with Crippen LogP contribution in [0.15, 0.2) is 66.9 Å². The maximum absolute atomic E-state index is 12.4. The van der Waals surface area contributed by atoms with Crippen molar-refractivity contribution in [2.75, 3.05) is 17.2 Å². The summed E-state index contributed by atoms with van der Waals surface area (Å²) < 4.78 is 0. The van der Waals surface area contributed by atoms with E-state index in [2.05, 4.69) is 27.8 Å². The molecule has 1 aromatic heterocycles. The number of hydrogen-bond acceptors (Lipinski definition) is 3. The molecule has 0 spiro atoms. The van der Waals surface area contributed by atoms with E-state index in [1.54, 1.807) is 30.5 Å². The predicted octanol–water partition coefficient (Wildman–Crippen LogP) is 5.30. The first-order valence-corrected chi connectivity index (χ1v) is 8.88. The summed E-state index contributed by atoms with van der Waals surface area (Å²) in [5.41, 5.74) is 2.83. The molecule has 0 fully saturated rings. The molecule has 2 aromatic carbocycles. The zero-order valence-electron chi connectivity index (χ0n) is 13.9. The Morgan fingerprint density at radius 1 is 1.00 bits per heavy atom. The van der Waals surface area contributed by atoms with Crippen LogP contribution in [0.25, 0.3) is 0 Å². The van der Waals surface area contributed by atoms with E-state index < -0.39 is 0 Å². The number of aromatic nitrogens is 1. The van der Waals surface area contributed by atoms with E-state index in [1.807, 2.05) is 24.3 Å². The zero-order chi connectivity index (χ0) is 18.4. The summed E-state index contributed by atoms with van der Waals surface area (Å²) in [4.78, 5) is 16.5. The molecule has 0 saturated heterocycles. The molecule has 132 valence electrons. The Kier molecular flexibility index (Phi) is 6.10. The zero-order valence-corrected chi connectivity index (χ0v) is 15.4. The minimum absolute atomic E-state index is 0.297. The fourth-order valence-corrected chi connectivity index (χ4v) is 2.79. The van der Waals surface area contributed by atoms with Crippen LogP contribution in [0.2, 0.25) is 10.0 Å². The molecule has 26 heavy (non-hydrogen) atoms. The van der Waals surface area contributed by atoms with Gasteiger partial charge in [0, 0.05) is 18.4 Å². The third kappa shape index (κ3) is 4.75. The summed E-state index contributed by atoms with van der Waals surface area (Å²) in [7, 11) is 0. The molecule has 0 radical (unpaired) electrons. The quantitative estimate of drug-likeness (QED) is 0.605. The Hall–Kier alpha value is -2.56. The average Bonchev–Trinajstić information content (AvgIpc) is 2.66. The third-order valence-electron chi connectivity index (χ3n) is 3.78. The van der Waals surface area contributed by atoms with E-state index >= 15 is 0 Å². The molecule has 0 aliphatic rings. The second kappa shape index (κ2) is 8.70. The van der Waals surface area contributed by atoms with Crippen molar-refractivity contribution in [2.45, 2.75) is 6.42 Å². The lowest BCUT2D eigenvalue weighted by Crippen LogP contribution is -2.14. The van der Waals surface area contributed by atoms with E-state index in [1.165, 1.54) is 5.56 Å². The molecule has 0 saturated carbocycles. The van der Waals surface area contributed by atoms with E-state index in [9.17, 15) is 4.79 Å². The van der Waals surface area contributed by atoms with Crippen LogP contribution < -0.4 is 10.6 Å². The number of nitrogens with one attached hydrogen (secondary N) is 2. The van der Waals surface area contributed by atoms with Crippen LogP contribution in [0, 0.1) is 0 Å². The molecule has 2 N–H and O–H groups in total. The first kappa shape index (κ1) is 18.2. The molecule has 3 aromatic rings. The molecular weight excluding hydrogens is 369 g/mol. The summed E-state index contributed by atoms with van der Waals surface area (Å²) in [5.74, 6) is -0.346. The van der Waals surface area contributed by atoms with Gasteiger partial charge in [0.25, 0.3) is 5.91 Å². The monoisotopic (exact) mass is 385 g/mol. The predicted molar refractivity (Wildman–Crippen MR) is 107 cm³/mol. The van der Waals surface area contributed by atoms with Gasteiger partial charge >= 0.3 is 0 Å². The van der Waals surface area contributed by atoms with Crippen LogP contribution in [0.4, 0.5) is 11.4 Å². The number of amides is 1. The van der Waals surface area contributed by atoms with Crippen LogP contribution in [0.5, 0.6) is 0 Å². The van der Waals surface area contributed by atoms with Crippen LogP contribution >= 0.6 is 23.2 Å². The maximum atomic E-state index is 12.4. The molecule has 0 unspecified atom stereocenters. The van der Waals surface area contributed by atoms with Gasteiger partial charge in [-0.1, -0.05) is 59.6 Å². The van der Waals surface area contributed by atoms with Gasteiger partial charge in [-0.3, -0.25) is 9.78 Å². The lowest BCUT2D eigenvalue weighted by atomic mass is 10.1. The largest absolute Gasteiger partial charge is 0.385 e. The third-order valence-corrected chi connectivity index (χ3v) is 4.60. The molecule has 0 aliphatic heterocycles. The van der Waals surface area contributed by atoms with Gasteiger partial charge in [-0.2, -0.15) is 0 Å². The summed E-state index contributed by atoms with van der Waals surface area (Å²) >= 11 is 12.1. The van der Waals surface area contributed by atoms with Crippen LogP contribution in [-0.2, 0) is 6.42 Å². The van der Waals surface area contributed by atoms with E-state index in [0.29, 0.717) is 21.4 Å². The van der Waals surface area contributed by atoms with Crippen molar-refractivity contribution in [2.24, 2.45) is 0 Å². The number of hydrogen-bond donors (Lipinski definition) is 2. The number of pyridine rings is 1. The first-order chi connectivity index (χ1) is 12.6. The Morgan fingerprint density at radius 3 is 2.62 bits per heavy atom. The van der Waals surface area contributed by atoms with E-state index in [4.69, 9.17) is 23.2 Å². The number of carbonyl (C=O) groups excluding carboxylic acids is 1. The molecule has 0 atom stereocenters. The second-order valence-electron chi connectivity index (χ2n) is 5.65. The van der Waals surface area contributed by atoms with Crippen molar-refractivity contribution >= 4 is 40.5 Å². The summed E-state index contributed by atoms with van der Waals surface area (Å²) in [6.45, 7) is 0.759. The van der Waals surface area contributed by atoms with E-state index in [0.717, 1.165) is 18.7 Å². The topological polar surface area (TPSA) is 54.0 Å². The summed E-state index contributed by atoms with van der Waals surface area (Å²) in [6, 6.07) is 18.8. The van der Waals surface area contributed by atoms with Gasteiger partial charge in [0.1, 0.15) is 5.69 Å². The Morgan fingerprint density at radius 2 is 1.81 bits per heavy atom. The van der Waals surface area contributed by atoms with Crippen molar-refractivity contribution in [1.29, 1.82) is 0 Å². The normalized spacial score (nSPS) is 10.4. The molecule has 1 heterocycles. The van der Waals surface area contributed by atoms with Gasteiger partial charge in [0.05, 0.1) is 15.7 Å². The van der Waals surface area contributed by atoms with Gasteiger partial charge in [0.15, 0.2) is 0 Å². The van der Waals surface area contributed by atoms with Crippen LogP contribution in [-0.4, -0.2) is 17.4 Å². The number of halogens is 2. The molecule has 6 heteroatoms. The first-order valence-electron chi connectivity index (χ1n) is 8.13. The molecular formula is C20H17Cl2N3O. The highest BCUT2D eigenvalue weighted by atomic mass is 35.5. The van der Waals surface area contributed by atoms with Crippen molar-refractivity contribution in [1.82, 2.24) is 4.98 Å². The molecule has 0 bridgehead atoms. The minimum atomic E-state index is -0.346. The smallest absolute Gasteiger partial charge is 0.274 e. The highest BCUT2D eigenvalue weighted by molar-refractivity contribution is 6.44. The Labute approximate surface area is 162 Å². The van der Waals surface area contributed by atoms with Crippen molar-refractivity contribution in [3.8, 4) is 0 Å². The van der Waals surface area contributed by atoms with Crippen LogP contribution in [0.1, 0.15) is 16.1 Å². The fourth-order valence-electron chi connectivity index (χ4n) is 2.45. The highest BCUT2D eigenvalue weighted by Gasteiger charge is 2.12. The standard InChI is InChI=1S/C20H17Cl2N3O/c21-16-7-4-8-17(19(16)22)25-20(26)18-13-15(10-12-24-18)23-11-9-14-5-2-1-3-6-14/h1-8,10,12-13H,9,11H2,(H,23,24)(H,25,26). The van der Waals surface area contributed by atoms with Crippen molar-refractivity contribution < 1.29 is 4.79 Å². The van der Waals surface area contributed by atoms with Gasteiger partial charge in [-0.05, 0) is 36.2 Å². The summed E-state index contributed by atoms with van der Waals surface area (Å²) in [5, 5.41) is 6.72. The highest BCUT2D eigenvalue weighted by Crippen LogP contribution is 2.29. The number of nitrogens with zero attached hydrogens (tertiary/aromatic N) is 1. The molecule has 4 nitrogen and oxygen atoms in total. The molecule has 0 aliphatic carbocycles.